The predicted molar refractivity (Wildman–Crippen MR) is 106 cm³/mol. The lowest BCUT2D eigenvalue weighted by Gasteiger charge is -2.43. The third kappa shape index (κ3) is 2.95. The van der Waals surface area contributed by atoms with Crippen LogP contribution in [0.15, 0.2) is 36.4 Å². The number of likely N-dealkylation sites (tertiary alicyclic amines) is 1. The zero-order chi connectivity index (χ0) is 17.4. The van der Waals surface area contributed by atoms with Crippen molar-refractivity contribution in [3.63, 3.8) is 0 Å². The smallest absolute Gasteiger partial charge is 0.134 e. The number of benzene rings is 2. The van der Waals surface area contributed by atoms with Crippen LogP contribution in [0.4, 0.5) is 5.69 Å². The second-order valence-corrected chi connectivity index (χ2v) is 8.10. The molecule has 0 unspecified atom stereocenters. The van der Waals surface area contributed by atoms with Gasteiger partial charge in [0.2, 0.25) is 0 Å². The van der Waals surface area contributed by atoms with Gasteiger partial charge in [-0.3, -0.25) is 4.48 Å². The third-order valence-corrected chi connectivity index (χ3v) is 6.86. The average Bonchev–Trinajstić information content (AvgIpc) is 3.14. The van der Waals surface area contributed by atoms with Gasteiger partial charge in [0.05, 0.1) is 36.3 Å². The fraction of sp³-hybridized carbons (Fsp3) is 0.429. The van der Waals surface area contributed by atoms with E-state index in [9.17, 15) is 0 Å². The Balaban J connectivity index is 1.73. The van der Waals surface area contributed by atoms with Crippen LogP contribution in [0.25, 0.3) is 0 Å². The Morgan fingerprint density at radius 2 is 1.84 bits per heavy atom. The number of nitrogens with zero attached hydrogens (tertiary/aromatic N) is 1. The summed E-state index contributed by atoms with van der Waals surface area (Å²) in [5, 5.41) is 1.30. The van der Waals surface area contributed by atoms with Crippen LogP contribution >= 0.6 is 23.2 Å². The number of ether oxygens (including phenoxy) is 1. The number of aryl methyl sites for hydroxylation is 1. The van der Waals surface area contributed by atoms with Gasteiger partial charge >= 0.3 is 0 Å². The molecule has 0 amide bonds. The van der Waals surface area contributed by atoms with Crippen LogP contribution in [0, 0.1) is 0 Å². The molecule has 25 heavy (non-hydrogen) atoms. The van der Waals surface area contributed by atoms with E-state index in [4.69, 9.17) is 27.9 Å². The van der Waals surface area contributed by atoms with Crippen LogP contribution in [0.1, 0.15) is 30.4 Å². The van der Waals surface area contributed by atoms with E-state index in [0.717, 1.165) is 23.1 Å². The van der Waals surface area contributed by atoms with Crippen molar-refractivity contribution < 1.29 is 4.74 Å². The highest BCUT2D eigenvalue weighted by molar-refractivity contribution is 6.42. The molecule has 1 aliphatic heterocycles. The molecule has 2 aromatic rings. The number of halogens is 2. The molecule has 1 aliphatic carbocycles. The second kappa shape index (κ2) is 6.83. The Bertz CT molecular complexity index is 769. The van der Waals surface area contributed by atoms with Crippen LogP contribution in [0.3, 0.4) is 0 Å². The van der Waals surface area contributed by atoms with Crippen molar-refractivity contribution in [2.24, 2.45) is 0 Å². The third-order valence-electron chi connectivity index (χ3n) is 6.12. The van der Waals surface area contributed by atoms with Gasteiger partial charge in [0, 0.05) is 43.4 Å². The number of hydrogen-bond acceptors (Lipinski definition) is 1. The molecule has 2 aliphatic rings. The first-order valence-electron chi connectivity index (χ1n) is 9.11. The van der Waals surface area contributed by atoms with E-state index in [0.29, 0.717) is 16.1 Å². The van der Waals surface area contributed by atoms with Gasteiger partial charge < -0.3 is 4.74 Å². The number of rotatable bonds is 3. The fourth-order valence-corrected chi connectivity index (χ4v) is 5.14. The molecule has 1 heterocycles. The van der Waals surface area contributed by atoms with Crippen LogP contribution < -0.4 is 9.22 Å². The number of methoxy groups -OCH3 is 1. The maximum atomic E-state index is 6.36. The van der Waals surface area contributed by atoms with E-state index >= 15 is 0 Å². The maximum Gasteiger partial charge on any atom is 0.134 e. The Labute approximate surface area is 159 Å². The van der Waals surface area contributed by atoms with Gasteiger partial charge in [-0.1, -0.05) is 35.3 Å². The lowest BCUT2D eigenvalue weighted by molar-refractivity contribution is 0.220. The predicted octanol–water partition coefficient (Wildman–Crippen LogP) is 5.66. The first kappa shape index (κ1) is 17.2. The van der Waals surface area contributed by atoms with Crippen molar-refractivity contribution in [1.29, 1.82) is 0 Å². The van der Waals surface area contributed by atoms with Crippen LogP contribution in [0.2, 0.25) is 10.0 Å². The van der Waals surface area contributed by atoms with E-state index in [1.807, 2.05) is 6.07 Å². The molecule has 4 heteroatoms. The monoisotopic (exact) mass is 376 g/mol. The Hall–Kier alpha value is -1.22. The fourth-order valence-electron chi connectivity index (χ4n) is 4.85. The molecule has 132 valence electrons. The maximum absolute atomic E-state index is 6.36. The normalized spacial score (nSPS) is 21.8. The topological polar surface area (TPSA) is 9.23 Å². The largest absolute Gasteiger partial charge is 0.496 e. The van der Waals surface area contributed by atoms with Crippen molar-refractivity contribution in [2.45, 2.75) is 38.1 Å². The Morgan fingerprint density at radius 1 is 1.04 bits per heavy atom. The minimum Gasteiger partial charge on any atom is -0.496 e. The zero-order valence-corrected chi connectivity index (χ0v) is 16.1. The summed E-state index contributed by atoms with van der Waals surface area (Å²) in [7, 11) is 1.78. The molecule has 0 spiro atoms. The van der Waals surface area contributed by atoms with Crippen molar-refractivity contribution in [2.75, 3.05) is 20.2 Å². The van der Waals surface area contributed by atoms with E-state index in [-0.39, 0.29) is 0 Å². The highest BCUT2D eigenvalue weighted by Crippen LogP contribution is 2.41. The lowest BCUT2D eigenvalue weighted by atomic mass is 9.85. The Morgan fingerprint density at radius 3 is 2.56 bits per heavy atom. The molecule has 2 nitrogen and oxygen atoms in total. The SMILES string of the molecule is COc1cccc2c1C[C@@H]([N+]1(c3ccc(Cl)c(Cl)c3)CCCC1)CC2. The molecule has 1 fully saturated rings. The molecule has 1 atom stereocenters. The zero-order valence-electron chi connectivity index (χ0n) is 14.6. The quantitative estimate of drug-likeness (QED) is 0.627. The van der Waals surface area contributed by atoms with Gasteiger partial charge in [-0.25, -0.2) is 0 Å². The number of hydrogen-bond donors (Lipinski definition) is 0. The van der Waals surface area contributed by atoms with Gasteiger partial charge in [-0.05, 0) is 24.1 Å². The number of fused-ring (bicyclic) bond motifs is 1. The minimum atomic E-state index is 0.573. The lowest BCUT2D eigenvalue weighted by Crippen LogP contribution is -2.56. The van der Waals surface area contributed by atoms with Gasteiger partial charge in [0.15, 0.2) is 0 Å². The highest BCUT2D eigenvalue weighted by Gasteiger charge is 2.44. The summed E-state index contributed by atoms with van der Waals surface area (Å²) in [4.78, 5) is 0. The summed E-state index contributed by atoms with van der Waals surface area (Å²) in [6, 6.07) is 13.2. The molecular weight excluding hydrogens is 353 g/mol. The van der Waals surface area contributed by atoms with Crippen molar-refractivity contribution in [3.8, 4) is 5.75 Å². The summed E-state index contributed by atoms with van der Waals surface area (Å²) in [5.74, 6) is 1.04. The van der Waals surface area contributed by atoms with Crippen LogP contribution in [0.5, 0.6) is 5.75 Å². The standard InChI is InChI=1S/C21H24Cl2NO/c1-25-21-6-4-5-15-7-8-16(13-18(15)21)24(11-2-3-12-24)17-9-10-19(22)20(23)14-17/h4-6,9-10,14,16H,2-3,7-8,11-13H2,1H3/q+1/t16-/m0/s1. The van der Waals surface area contributed by atoms with Gasteiger partial charge in [0.25, 0.3) is 0 Å². The molecule has 0 radical (unpaired) electrons. The molecule has 1 saturated heterocycles. The summed E-state index contributed by atoms with van der Waals surface area (Å²) in [6.45, 7) is 2.38. The molecule has 0 aromatic heterocycles. The molecular formula is C21H24Cl2NO+. The summed E-state index contributed by atoms with van der Waals surface area (Å²) in [6.07, 6.45) is 5.95. The molecule has 0 bridgehead atoms. The molecule has 4 rings (SSSR count). The van der Waals surface area contributed by atoms with E-state index in [1.165, 1.54) is 49.2 Å². The summed E-state index contributed by atoms with van der Waals surface area (Å²) in [5.41, 5.74) is 4.16. The summed E-state index contributed by atoms with van der Waals surface area (Å²) >= 11 is 12.5. The highest BCUT2D eigenvalue weighted by atomic mass is 35.5. The Kier molecular flexibility index (Phi) is 4.70. The van der Waals surface area contributed by atoms with Crippen molar-refractivity contribution >= 4 is 28.9 Å². The minimum absolute atomic E-state index is 0.573. The number of quaternary nitrogens is 1. The van der Waals surface area contributed by atoms with E-state index in [2.05, 4.69) is 30.3 Å². The van der Waals surface area contributed by atoms with E-state index < -0.39 is 0 Å². The van der Waals surface area contributed by atoms with Crippen molar-refractivity contribution in [1.82, 2.24) is 4.48 Å². The van der Waals surface area contributed by atoms with E-state index in [1.54, 1.807) is 7.11 Å². The first-order valence-corrected chi connectivity index (χ1v) is 9.87. The summed E-state index contributed by atoms with van der Waals surface area (Å²) < 4.78 is 6.69. The first-order chi connectivity index (χ1) is 12.1. The molecule has 2 aromatic carbocycles. The molecule has 0 N–H and O–H groups in total. The van der Waals surface area contributed by atoms with Gasteiger partial charge in [-0.15, -0.1) is 0 Å². The van der Waals surface area contributed by atoms with Gasteiger partial charge in [-0.2, -0.15) is 0 Å². The second-order valence-electron chi connectivity index (χ2n) is 7.28. The molecule has 0 saturated carbocycles. The van der Waals surface area contributed by atoms with Crippen LogP contribution in [-0.2, 0) is 12.8 Å². The van der Waals surface area contributed by atoms with Crippen LogP contribution in [-0.4, -0.2) is 26.2 Å². The average molecular weight is 377 g/mol. The van der Waals surface area contributed by atoms with Gasteiger partial charge in [0.1, 0.15) is 11.4 Å². The van der Waals surface area contributed by atoms with Crippen molar-refractivity contribution in [3.05, 3.63) is 57.6 Å².